The van der Waals surface area contributed by atoms with Crippen LogP contribution in [0.5, 0.6) is 0 Å². The third-order valence-corrected chi connectivity index (χ3v) is 5.19. The van der Waals surface area contributed by atoms with Gasteiger partial charge in [0.25, 0.3) is 0 Å². The Morgan fingerprint density at radius 3 is 2.74 bits per heavy atom. The van der Waals surface area contributed by atoms with E-state index in [1.165, 1.54) is 16.8 Å². The molecule has 0 aromatic heterocycles. The van der Waals surface area contributed by atoms with Gasteiger partial charge in [-0.3, -0.25) is 4.79 Å². The summed E-state index contributed by atoms with van der Waals surface area (Å²) in [6.07, 6.45) is 2.74. The number of carbonyl (C=O) groups is 1. The molecule has 1 saturated heterocycles. The maximum absolute atomic E-state index is 13.3. The second-order valence-electron chi connectivity index (χ2n) is 6.75. The van der Waals surface area contributed by atoms with Crippen molar-refractivity contribution in [2.45, 2.75) is 19.3 Å². The minimum atomic E-state index is -0.304. The number of Topliss-reactive ketones (excluding diaryl/α,β-unsaturated/α-hetero) is 1. The molecule has 3 heteroatoms. The Labute approximate surface area is 137 Å². The fourth-order valence-corrected chi connectivity index (χ4v) is 3.91. The van der Waals surface area contributed by atoms with E-state index in [0.29, 0.717) is 5.78 Å². The topological polar surface area (TPSA) is 41.1 Å². The van der Waals surface area contributed by atoms with Crippen LogP contribution in [0.15, 0.2) is 48.5 Å². The largest absolute Gasteiger partial charge is 0.384 e. The summed E-state index contributed by atoms with van der Waals surface area (Å²) in [4.78, 5) is 13.3. The van der Waals surface area contributed by atoms with E-state index < -0.39 is 0 Å². The first-order valence-electron chi connectivity index (χ1n) is 8.43. The van der Waals surface area contributed by atoms with Crippen molar-refractivity contribution < 1.29 is 4.79 Å². The molecule has 0 aliphatic carbocycles. The van der Waals surface area contributed by atoms with Crippen LogP contribution in [0.2, 0.25) is 0 Å². The number of hydrogen-bond donors (Lipinski definition) is 2. The summed E-state index contributed by atoms with van der Waals surface area (Å²) in [7, 11) is 0. The van der Waals surface area contributed by atoms with E-state index in [9.17, 15) is 4.79 Å². The van der Waals surface area contributed by atoms with Crippen molar-refractivity contribution in [3.63, 3.8) is 0 Å². The Balaban J connectivity index is 1.65. The molecule has 4 rings (SSSR count). The lowest BCUT2D eigenvalue weighted by Crippen LogP contribution is -2.36. The fraction of sp³-hybridized carbons (Fsp3) is 0.350. The molecule has 3 nitrogen and oxygen atoms in total. The summed E-state index contributed by atoms with van der Waals surface area (Å²) in [5.74, 6) is 0.293. The monoisotopic (exact) mass is 306 g/mol. The zero-order valence-corrected chi connectivity index (χ0v) is 13.3. The van der Waals surface area contributed by atoms with Gasteiger partial charge < -0.3 is 10.6 Å². The molecule has 2 aliphatic rings. The van der Waals surface area contributed by atoms with Crippen LogP contribution in [0.4, 0.5) is 5.69 Å². The third kappa shape index (κ3) is 2.66. The Bertz CT molecular complexity index is 718. The standard InChI is InChI=1S/C20H22N2O/c23-19(17-6-7-18-16(12-17)8-10-22-18)20(9-11-21-14-20)13-15-4-2-1-3-5-15/h1-7,12,21-22H,8-11,13-14H2. The summed E-state index contributed by atoms with van der Waals surface area (Å²) in [5.41, 5.74) is 4.26. The van der Waals surface area contributed by atoms with Gasteiger partial charge in [0, 0.05) is 24.3 Å². The fourth-order valence-electron chi connectivity index (χ4n) is 3.91. The van der Waals surface area contributed by atoms with Crippen LogP contribution in [0.25, 0.3) is 0 Å². The minimum Gasteiger partial charge on any atom is -0.384 e. The van der Waals surface area contributed by atoms with Gasteiger partial charge in [-0.1, -0.05) is 30.3 Å². The van der Waals surface area contributed by atoms with Crippen LogP contribution in [-0.4, -0.2) is 25.4 Å². The second kappa shape index (κ2) is 5.82. The number of anilines is 1. The van der Waals surface area contributed by atoms with Crippen LogP contribution in [0.3, 0.4) is 0 Å². The lowest BCUT2D eigenvalue weighted by Gasteiger charge is -2.27. The van der Waals surface area contributed by atoms with E-state index in [1.54, 1.807) is 0 Å². The molecule has 2 N–H and O–H groups in total. The predicted molar refractivity (Wildman–Crippen MR) is 93.0 cm³/mol. The molecular formula is C20H22N2O. The first kappa shape index (κ1) is 14.5. The quantitative estimate of drug-likeness (QED) is 0.853. The van der Waals surface area contributed by atoms with Crippen molar-refractivity contribution in [1.29, 1.82) is 0 Å². The molecule has 23 heavy (non-hydrogen) atoms. The lowest BCUT2D eigenvalue weighted by atomic mass is 9.74. The molecule has 0 radical (unpaired) electrons. The van der Waals surface area contributed by atoms with E-state index in [2.05, 4.69) is 47.0 Å². The number of nitrogens with one attached hydrogen (secondary N) is 2. The van der Waals surface area contributed by atoms with Gasteiger partial charge in [0.05, 0.1) is 5.41 Å². The highest BCUT2D eigenvalue weighted by Gasteiger charge is 2.41. The maximum Gasteiger partial charge on any atom is 0.170 e. The number of carbonyl (C=O) groups excluding carboxylic acids is 1. The molecule has 2 aromatic carbocycles. The van der Waals surface area contributed by atoms with Gasteiger partial charge in [-0.2, -0.15) is 0 Å². The van der Waals surface area contributed by atoms with E-state index in [1.807, 2.05) is 12.1 Å². The van der Waals surface area contributed by atoms with Gasteiger partial charge in [0.1, 0.15) is 0 Å². The van der Waals surface area contributed by atoms with E-state index >= 15 is 0 Å². The molecule has 2 aromatic rings. The van der Waals surface area contributed by atoms with Crippen LogP contribution in [0.1, 0.15) is 27.9 Å². The second-order valence-corrected chi connectivity index (χ2v) is 6.75. The maximum atomic E-state index is 13.3. The van der Waals surface area contributed by atoms with Crippen molar-refractivity contribution in [3.05, 3.63) is 65.2 Å². The van der Waals surface area contributed by atoms with Gasteiger partial charge in [0.2, 0.25) is 0 Å². The summed E-state index contributed by atoms with van der Waals surface area (Å²) in [6, 6.07) is 16.5. The molecular weight excluding hydrogens is 284 g/mol. The molecule has 2 heterocycles. The molecule has 0 spiro atoms. The normalized spacial score (nSPS) is 22.6. The molecule has 1 fully saturated rings. The Kier molecular flexibility index (Phi) is 3.66. The Hall–Kier alpha value is -2.13. The number of benzene rings is 2. The average Bonchev–Trinajstić information content (AvgIpc) is 3.24. The molecule has 0 saturated carbocycles. The number of ketones is 1. The average molecular weight is 306 g/mol. The first-order valence-corrected chi connectivity index (χ1v) is 8.43. The van der Waals surface area contributed by atoms with Gasteiger partial charge in [-0.25, -0.2) is 0 Å². The highest BCUT2D eigenvalue weighted by atomic mass is 16.1. The number of rotatable bonds is 4. The van der Waals surface area contributed by atoms with E-state index in [-0.39, 0.29) is 5.41 Å². The van der Waals surface area contributed by atoms with Gasteiger partial charge in [-0.05, 0) is 55.1 Å². The zero-order valence-electron chi connectivity index (χ0n) is 13.3. The van der Waals surface area contributed by atoms with Crippen LogP contribution < -0.4 is 10.6 Å². The highest BCUT2D eigenvalue weighted by Crippen LogP contribution is 2.35. The first-order chi connectivity index (χ1) is 11.3. The highest BCUT2D eigenvalue weighted by molar-refractivity contribution is 6.01. The van der Waals surface area contributed by atoms with Gasteiger partial charge in [-0.15, -0.1) is 0 Å². The van der Waals surface area contributed by atoms with E-state index in [0.717, 1.165) is 44.5 Å². The summed E-state index contributed by atoms with van der Waals surface area (Å²) in [5, 5.41) is 6.76. The van der Waals surface area contributed by atoms with Gasteiger partial charge in [0.15, 0.2) is 5.78 Å². The SMILES string of the molecule is O=C(c1ccc2c(c1)CCN2)C1(Cc2ccccc2)CCNC1. The van der Waals surface area contributed by atoms with Gasteiger partial charge >= 0.3 is 0 Å². The van der Waals surface area contributed by atoms with Crippen molar-refractivity contribution in [1.82, 2.24) is 5.32 Å². The summed E-state index contributed by atoms with van der Waals surface area (Å²) in [6.45, 7) is 2.67. The van der Waals surface area contributed by atoms with Crippen LogP contribution >= 0.6 is 0 Å². The van der Waals surface area contributed by atoms with E-state index in [4.69, 9.17) is 0 Å². The zero-order chi connectivity index (χ0) is 15.7. The van der Waals surface area contributed by atoms with Crippen molar-refractivity contribution in [3.8, 4) is 0 Å². The molecule has 0 amide bonds. The van der Waals surface area contributed by atoms with Crippen molar-refractivity contribution >= 4 is 11.5 Å². The van der Waals surface area contributed by atoms with Crippen molar-refractivity contribution in [2.24, 2.45) is 5.41 Å². The molecule has 1 unspecified atom stereocenters. The summed E-state index contributed by atoms with van der Waals surface area (Å²) < 4.78 is 0. The lowest BCUT2D eigenvalue weighted by molar-refractivity contribution is 0.0816. The molecule has 2 aliphatic heterocycles. The summed E-state index contributed by atoms with van der Waals surface area (Å²) >= 11 is 0. The Morgan fingerprint density at radius 2 is 1.96 bits per heavy atom. The Morgan fingerprint density at radius 1 is 1.09 bits per heavy atom. The predicted octanol–water partition coefficient (Wildman–Crippen LogP) is 3.06. The van der Waals surface area contributed by atoms with Crippen LogP contribution in [-0.2, 0) is 12.8 Å². The van der Waals surface area contributed by atoms with Crippen LogP contribution in [0, 0.1) is 5.41 Å². The molecule has 0 bridgehead atoms. The van der Waals surface area contributed by atoms with Crippen molar-refractivity contribution in [2.75, 3.05) is 25.0 Å². The smallest absolute Gasteiger partial charge is 0.170 e. The molecule has 118 valence electrons. The minimum absolute atomic E-state index is 0.293. The third-order valence-electron chi connectivity index (χ3n) is 5.19. The number of fused-ring (bicyclic) bond motifs is 1. The number of hydrogen-bond acceptors (Lipinski definition) is 3. The molecule has 1 atom stereocenters.